The molecule has 0 unspecified atom stereocenters. The number of aliphatic hydroxyl groups excluding tert-OH is 1. The Bertz CT molecular complexity index is 435. The van der Waals surface area contributed by atoms with Gasteiger partial charge in [-0.3, -0.25) is 0 Å². The minimum Gasteiger partial charge on any atom is -0.494 e. The second-order valence-corrected chi connectivity index (χ2v) is 10.8. The zero-order valence-corrected chi connectivity index (χ0v) is 13.9. The van der Waals surface area contributed by atoms with E-state index in [0.717, 1.165) is 43.6 Å². The Hall–Kier alpha value is -1.24. The molecule has 3 heteroatoms. The highest BCUT2D eigenvalue weighted by Crippen LogP contribution is 2.12. The number of aliphatic hydroxyl groups is 1. The molecule has 1 aromatic rings. The molecular formula is C17H26O2Si. The Kier molecular flexibility index (Phi) is 7.43. The zero-order chi connectivity index (χ0) is 14.8. The van der Waals surface area contributed by atoms with E-state index in [2.05, 4.69) is 31.1 Å². The van der Waals surface area contributed by atoms with Gasteiger partial charge in [-0.25, -0.2) is 0 Å². The monoisotopic (exact) mass is 290 g/mol. The van der Waals surface area contributed by atoms with Crippen LogP contribution in [0.25, 0.3) is 0 Å². The highest BCUT2D eigenvalue weighted by molar-refractivity contribution is 6.83. The van der Waals surface area contributed by atoms with Gasteiger partial charge in [-0.05, 0) is 43.5 Å². The van der Waals surface area contributed by atoms with Gasteiger partial charge in [-0.15, -0.1) is 5.54 Å². The molecule has 20 heavy (non-hydrogen) atoms. The van der Waals surface area contributed by atoms with E-state index in [0.29, 0.717) is 6.61 Å². The molecule has 0 atom stereocenters. The molecule has 0 saturated carbocycles. The van der Waals surface area contributed by atoms with Crippen molar-refractivity contribution in [2.24, 2.45) is 0 Å². The van der Waals surface area contributed by atoms with Crippen molar-refractivity contribution < 1.29 is 9.84 Å². The summed E-state index contributed by atoms with van der Waals surface area (Å²) >= 11 is 0. The Labute approximate surface area is 124 Å². The van der Waals surface area contributed by atoms with Gasteiger partial charge >= 0.3 is 0 Å². The van der Waals surface area contributed by atoms with E-state index in [4.69, 9.17) is 9.84 Å². The summed E-state index contributed by atoms with van der Waals surface area (Å²) in [5.74, 6) is 4.14. The highest BCUT2D eigenvalue weighted by atomic mass is 28.3. The van der Waals surface area contributed by atoms with Gasteiger partial charge in [0.05, 0.1) is 6.61 Å². The van der Waals surface area contributed by atoms with Gasteiger partial charge in [0, 0.05) is 12.2 Å². The summed E-state index contributed by atoms with van der Waals surface area (Å²) < 4.78 is 5.68. The van der Waals surface area contributed by atoms with Crippen LogP contribution >= 0.6 is 0 Å². The van der Waals surface area contributed by atoms with E-state index in [9.17, 15) is 0 Å². The minimum absolute atomic E-state index is 0.292. The number of benzene rings is 1. The van der Waals surface area contributed by atoms with Gasteiger partial charge in [0.2, 0.25) is 0 Å². The molecule has 0 aromatic heterocycles. The highest BCUT2D eigenvalue weighted by Gasteiger charge is 2.07. The number of ether oxygens (including phenoxy) is 1. The number of hydrogen-bond donors (Lipinski definition) is 1. The summed E-state index contributed by atoms with van der Waals surface area (Å²) in [6.07, 6.45) is 4.12. The molecule has 1 N–H and O–H groups in total. The number of unbranched alkanes of at least 4 members (excludes halogenated alkanes) is 3. The van der Waals surface area contributed by atoms with Crippen LogP contribution in [-0.2, 0) is 0 Å². The van der Waals surface area contributed by atoms with Gasteiger partial charge in [-0.1, -0.05) is 32.0 Å². The van der Waals surface area contributed by atoms with Crippen LogP contribution in [0.15, 0.2) is 24.3 Å². The van der Waals surface area contributed by atoms with Gasteiger partial charge in [0.15, 0.2) is 0 Å². The summed E-state index contributed by atoms with van der Waals surface area (Å²) in [6, 6.07) is 8.02. The molecule has 0 aliphatic rings. The predicted octanol–water partition coefficient (Wildman–Crippen LogP) is 3.85. The van der Waals surface area contributed by atoms with Gasteiger partial charge in [0.1, 0.15) is 13.8 Å². The lowest BCUT2D eigenvalue weighted by atomic mass is 10.2. The lowest BCUT2D eigenvalue weighted by Crippen LogP contribution is -2.16. The van der Waals surface area contributed by atoms with Crippen molar-refractivity contribution in [2.45, 2.75) is 45.3 Å². The van der Waals surface area contributed by atoms with Crippen molar-refractivity contribution in [1.82, 2.24) is 0 Å². The first-order valence-corrected chi connectivity index (χ1v) is 10.9. The summed E-state index contributed by atoms with van der Waals surface area (Å²) in [4.78, 5) is 0. The largest absolute Gasteiger partial charge is 0.494 e. The first-order valence-electron chi connectivity index (χ1n) is 7.38. The third-order valence-electron chi connectivity index (χ3n) is 2.76. The average molecular weight is 290 g/mol. The fraction of sp³-hybridized carbons (Fsp3) is 0.529. The van der Waals surface area contributed by atoms with Crippen LogP contribution in [0.4, 0.5) is 0 Å². The third-order valence-corrected chi connectivity index (χ3v) is 3.63. The third kappa shape index (κ3) is 8.03. The lowest BCUT2D eigenvalue weighted by molar-refractivity contribution is 0.273. The van der Waals surface area contributed by atoms with Gasteiger partial charge < -0.3 is 9.84 Å². The van der Waals surface area contributed by atoms with Crippen molar-refractivity contribution in [3.05, 3.63) is 29.8 Å². The van der Waals surface area contributed by atoms with Crippen molar-refractivity contribution in [3.63, 3.8) is 0 Å². The summed E-state index contributed by atoms with van der Waals surface area (Å²) in [7, 11) is -1.30. The van der Waals surface area contributed by atoms with Crippen molar-refractivity contribution in [3.8, 4) is 17.2 Å². The van der Waals surface area contributed by atoms with Crippen LogP contribution in [0.3, 0.4) is 0 Å². The Morgan fingerprint density at radius 1 is 1.00 bits per heavy atom. The summed E-state index contributed by atoms with van der Waals surface area (Å²) in [5, 5.41) is 8.68. The molecule has 0 fully saturated rings. The Morgan fingerprint density at radius 3 is 2.25 bits per heavy atom. The lowest BCUT2D eigenvalue weighted by Gasteiger charge is -2.06. The first kappa shape index (κ1) is 16.8. The molecule has 1 rings (SSSR count). The maximum absolute atomic E-state index is 8.68. The van der Waals surface area contributed by atoms with Crippen molar-refractivity contribution in [2.75, 3.05) is 13.2 Å². The molecule has 0 aliphatic carbocycles. The molecule has 1 aromatic carbocycles. The molecule has 110 valence electrons. The van der Waals surface area contributed by atoms with Crippen LogP contribution in [0.2, 0.25) is 19.6 Å². The van der Waals surface area contributed by atoms with Crippen molar-refractivity contribution >= 4 is 8.07 Å². The molecule has 0 aliphatic heterocycles. The maximum Gasteiger partial charge on any atom is 0.129 e. The normalized spacial score (nSPS) is 10.8. The smallest absolute Gasteiger partial charge is 0.129 e. The van der Waals surface area contributed by atoms with Crippen LogP contribution in [0, 0.1) is 11.5 Å². The van der Waals surface area contributed by atoms with Crippen LogP contribution in [-0.4, -0.2) is 26.4 Å². The number of rotatable bonds is 7. The van der Waals surface area contributed by atoms with E-state index in [1.54, 1.807) is 0 Å². The molecular weight excluding hydrogens is 264 g/mol. The summed E-state index contributed by atoms with van der Waals surface area (Å²) in [5.41, 5.74) is 4.42. The topological polar surface area (TPSA) is 29.5 Å². The molecule has 2 nitrogen and oxygen atoms in total. The predicted molar refractivity (Wildman–Crippen MR) is 87.7 cm³/mol. The summed E-state index contributed by atoms with van der Waals surface area (Å²) in [6.45, 7) is 7.77. The Balaban J connectivity index is 2.33. The van der Waals surface area contributed by atoms with Crippen LogP contribution < -0.4 is 4.74 Å². The van der Waals surface area contributed by atoms with E-state index >= 15 is 0 Å². The van der Waals surface area contributed by atoms with Crippen LogP contribution in [0.1, 0.15) is 31.2 Å². The average Bonchev–Trinajstić information content (AvgIpc) is 2.41. The van der Waals surface area contributed by atoms with Gasteiger partial charge in [0.25, 0.3) is 0 Å². The van der Waals surface area contributed by atoms with Gasteiger partial charge in [-0.2, -0.15) is 0 Å². The number of hydrogen-bond acceptors (Lipinski definition) is 2. The standard InChI is InChI=1S/C17H26O2Si/c1-20(2,3)15-12-16-8-10-17(11-9-16)19-14-7-5-4-6-13-18/h8-11,18H,4-7,13-14H2,1-3H3. The molecule has 0 saturated heterocycles. The minimum atomic E-state index is -1.30. The fourth-order valence-electron chi connectivity index (χ4n) is 1.65. The zero-order valence-electron chi connectivity index (χ0n) is 12.9. The molecule has 0 bridgehead atoms. The molecule has 0 heterocycles. The second kappa shape index (κ2) is 8.83. The van der Waals surface area contributed by atoms with E-state index in [1.165, 1.54) is 0 Å². The van der Waals surface area contributed by atoms with E-state index in [-0.39, 0.29) is 0 Å². The molecule has 0 amide bonds. The SMILES string of the molecule is C[Si](C)(C)C#Cc1ccc(OCCCCCCO)cc1. The first-order chi connectivity index (χ1) is 9.51. The fourth-order valence-corrected chi connectivity index (χ4v) is 2.17. The molecule has 0 radical (unpaired) electrons. The van der Waals surface area contributed by atoms with Crippen LogP contribution in [0.5, 0.6) is 5.75 Å². The van der Waals surface area contributed by atoms with Crippen molar-refractivity contribution in [1.29, 1.82) is 0 Å². The second-order valence-electron chi connectivity index (χ2n) is 6.01. The van der Waals surface area contributed by atoms with E-state index in [1.807, 2.05) is 24.3 Å². The quantitative estimate of drug-likeness (QED) is 0.469. The Morgan fingerprint density at radius 2 is 1.65 bits per heavy atom. The molecule has 0 spiro atoms. The van der Waals surface area contributed by atoms with E-state index < -0.39 is 8.07 Å². The maximum atomic E-state index is 8.68.